The molecule has 0 amide bonds. The molecule has 2 nitrogen and oxygen atoms in total. The van der Waals surface area contributed by atoms with Crippen molar-refractivity contribution in [1.82, 2.24) is 4.98 Å². The molecule has 0 radical (unpaired) electrons. The minimum Gasteiger partial charge on any atom is -0.347 e. The lowest BCUT2D eigenvalue weighted by atomic mass is 10.2. The summed E-state index contributed by atoms with van der Waals surface area (Å²) in [4.78, 5) is 6.57. The normalized spacial score (nSPS) is 10.5. The number of nitrogens with zero attached hydrogens (tertiary/aromatic N) is 2. The highest BCUT2D eigenvalue weighted by molar-refractivity contribution is 9.10. The Morgan fingerprint density at radius 1 is 1.35 bits per heavy atom. The third-order valence-electron chi connectivity index (χ3n) is 2.34. The van der Waals surface area contributed by atoms with Crippen LogP contribution in [0.5, 0.6) is 0 Å². The van der Waals surface area contributed by atoms with Gasteiger partial charge in [-0.1, -0.05) is 28.1 Å². The van der Waals surface area contributed by atoms with Crippen molar-refractivity contribution in [2.45, 2.75) is 12.4 Å². The van der Waals surface area contributed by atoms with Crippen LogP contribution in [0.4, 0.5) is 5.13 Å². The van der Waals surface area contributed by atoms with Crippen LogP contribution in [0.2, 0.25) is 0 Å². The molecule has 0 aliphatic rings. The van der Waals surface area contributed by atoms with Crippen LogP contribution >= 0.6 is 38.9 Å². The molecular weight excluding hydrogens is 320 g/mol. The zero-order valence-corrected chi connectivity index (χ0v) is 12.5. The average Bonchev–Trinajstić information content (AvgIpc) is 2.81. The second-order valence-corrected chi connectivity index (χ2v) is 5.76. The van der Waals surface area contributed by atoms with E-state index in [1.54, 1.807) is 11.3 Å². The van der Waals surface area contributed by atoms with E-state index in [9.17, 15) is 0 Å². The van der Waals surface area contributed by atoms with Crippen LogP contribution in [0.15, 0.2) is 34.1 Å². The van der Waals surface area contributed by atoms with Crippen LogP contribution in [0.3, 0.4) is 0 Å². The summed E-state index contributed by atoms with van der Waals surface area (Å²) in [5, 5.41) is 3.00. The van der Waals surface area contributed by atoms with Gasteiger partial charge in [-0.15, -0.1) is 22.9 Å². The predicted octanol–water partition coefficient (Wildman–Crippen LogP) is 4.28. The van der Waals surface area contributed by atoms with Crippen molar-refractivity contribution < 1.29 is 0 Å². The van der Waals surface area contributed by atoms with E-state index in [4.69, 9.17) is 11.6 Å². The maximum absolute atomic E-state index is 5.74. The van der Waals surface area contributed by atoms with Crippen LogP contribution in [0.25, 0.3) is 0 Å². The first-order valence-electron chi connectivity index (χ1n) is 5.15. The molecule has 1 heterocycles. The van der Waals surface area contributed by atoms with Gasteiger partial charge in [0.1, 0.15) is 0 Å². The number of alkyl halides is 1. The van der Waals surface area contributed by atoms with Gasteiger partial charge in [0, 0.05) is 23.4 Å². The van der Waals surface area contributed by atoms with Gasteiger partial charge in [-0.3, -0.25) is 0 Å². The topological polar surface area (TPSA) is 16.1 Å². The Morgan fingerprint density at radius 3 is 2.65 bits per heavy atom. The molecule has 0 aliphatic carbocycles. The molecule has 0 spiro atoms. The van der Waals surface area contributed by atoms with Gasteiger partial charge in [0.05, 0.1) is 11.6 Å². The lowest BCUT2D eigenvalue weighted by Crippen LogP contribution is -2.16. The van der Waals surface area contributed by atoms with Gasteiger partial charge < -0.3 is 4.90 Å². The molecule has 2 aromatic rings. The van der Waals surface area contributed by atoms with E-state index in [-0.39, 0.29) is 0 Å². The number of rotatable bonds is 4. The number of halogens is 2. The highest BCUT2D eigenvalue weighted by atomic mass is 79.9. The highest BCUT2D eigenvalue weighted by Crippen LogP contribution is 2.22. The van der Waals surface area contributed by atoms with E-state index >= 15 is 0 Å². The molecule has 0 fully saturated rings. The summed E-state index contributed by atoms with van der Waals surface area (Å²) in [5.41, 5.74) is 2.20. The first-order valence-corrected chi connectivity index (χ1v) is 7.35. The minimum absolute atomic E-state index is 0.475. The number of anilines is 1. The Morgan fingerprint density at radius 2 is 2.06 bits per heavy atom. The molecular formula is C12H12BrClN2S. The van der Waals surface area contributed by atoms with Gasteiger partial charge in [0.15, 0.2) is 5.13 Å². The molecule has 17 heavy (non-hydrogen) atoms. The van der Waals surface area contributed by atoms with Crippen LogP contribution in [-0.4, -0.2) is 12.0 Å². The molecule has 1 aromatic heterocycles. The SMILES string of the molecule is CN(Cc1ccc(Br)cc1)c1nc(CCl)cs1. The quantitative estimate of drug-likeness (QED) is 0.777. The smallest absolute Gasteiger partial charge is 0.185 e. The van der Waals surface area contributed by atoms with E-state index < -0.39 is 0 Å². The summed E-state index contributed by atoms with van der Waals surface area (Å²) in [6.45, 7) is 0.850. The molecule has 0 unspecified atom stereocenters. The summed E-state index contributed by atoms with van der Waals surface area (Å²) < 4.78 is 1.10. The molecule has 0 N–H and O–H groups in total. The van der Waals surface area contributed by atoms with Gasteiger partial charge in [0.2, 0.25) is 0 Å². The van der Waals surface area contributed by atoms with Gasteiger partial charge >= 0.3 is 0 Å². The van der Waals surface area contributed by atoms with E-state index in [2.05, 4.69) is 50.1 Å². The number of aromatic nitrogens is 1. The predicted molar refractivity (Wildman–Crippen MR) is 77.9 cm³/mol. The molecule has 90 valence electrons. The fourth-order valence-corrected chi connectivity index (χ4v) is 2.75. The number of hydrogen-bond donors (Lipinski definition) is 0. The standard InChI is InChI=1S/C12H12BrClN2S/c1-16(12-15-11(6-14)8-17-12)7-9-2-4-10(13)5-3-9/h2-5,8H,6-7H2,1H3. The maximum atomic E-state index is 5.74. The monoisotopic (exact) mass is 330 g/mol. The van der Waals surface area contributed by atoms with Crippen molar-refractivity contribution in [3.8, 4) is 0 Å². The first-order chi connectivity index (χ1) is 8.19. The average molecular weight is 332 g/mol. The molecule has 1 aromatic carbocycles. The van der Waals surface area contributed by atoms with Crippen LogP contribution in [-0.2, 0) is 12.4 Å². The summed E-state index contributed by atoms with van der Waals surface area (Å²) in [6.07, 6.45) is 0. The van der Waals surface area contributed by atoms with E-state index in [1.165, 1.54) is 5.56 Å². The molecule has 0 aliphatic heterocycles. The second kappa shape index (κ2) is 5.85. The zero-order valence-electron chi connectivity index (χ0n) is 9.36. The van der Waals surface area contributed by atoms with Crippen molar-refractivity contribution in [3.05, 3.63) is 45.4 Å². The Bertz CT molecular complexity index is 484. The summed E-state index contributed by atoms with van der Waals surface area (Å²) in [7, 11) is 2.04. The van der Waals surface area contributed by atoms with Gasteiger partial charge in [-0.05, 0) is 17.7 Å². The second-order valence-electron chi connectivity index (χ2n) is 3.74. The van der Waals surface area contributed by atoms with Crippen molar-refractivity contribution in [3.63, 3.8) is 0 Å². The molecule has 2 rings (SSSR count). The molecule has 0 atom stereocenters. The lowest BCUT2D eigenvalue weighted by molar-refractivity contribution is 0.910. The van der Waals surface area contributed by atoms with Gasteiger partial charge in [-0.2, -0.15) is 0 Å². The highest BCUT2D eigenvalue weighted by Gasteiger charge is 2.07. The van der Waals surface area contributed by atoms with Crippen LogP contribution in [0, 0.1) is 0 Å². The Balaban J connectivity index is 2.05. The zero-order chi connectivity index (χ0) is 12.3. The van der Waals surface area contributed by atoms with E-state index in [0.717, 1.165) is 21.8 Å². The molecule has 5 heteroatoms. The Labute approximate surface area is 118 Å². The van der Waals surface area contributed by atoms with Gasteiger partial charge in [0.25, 0.3) is 0 Å². The van der Waals surface area contributed by atoms with Crippen LogP contribution in [0.1, 0.15) is 11.3 Å². The fourth-order valence-electron chi connectivity index (χ4n) is 1.46. The number of hydrogen-bond acceptors (Lipinski definition) is 3. The number of thiazole rings is 1. The van der Waals surface area contributed by atoms with E-state index in [0.29, 0.717) is 5.88 Å². The van der Waals surface area contributed by atoms with Crippen molar-refractivity contribution in [2.75, 3.05) is 11.9 Å². The molecule has 0 saturated heterocycles. The lowest BCUT2D eigenvalue weighted by Gasteiger charge is -2.15. The third kappa shape index (κ3) is 3.44. The minimum atomic E-state index is 0.475. The third-order valence-corrected chi connectivity index (χ3v) is 4.14. The van der Waals surface area contributed by atoms with E-state index in [1.807, 2.05) is 12.4 Å². The van der Waals surface area contributed by atoms with Crippen molar-refractivity contribution in [2.24, 2.45) is 0 Å². The van der Waals surface area contributed by atoms with Crippen LogP contribution < -0.4 is 4.90 Å². The summed E-state index contributed by atoms with van der Waals surface area (Å²) in [6, 6.07) is 8.32. The Kier molecular flexibility index (Phi) is 4.42. The maximum Gasteiger partial charge on any atom is 0.185 e. The number of benzene rings is 1. The van der Waals surface area contributed by atoms with Gasteiger partial charge in [-0.25, -0.2) is 4.98 Å². The molecule has 0 bridgehead atoms. The molecule has 0 saturated carbocycles. The fraction of sp³-hybridized carbons (Fsp3) is 0.250. The first kappa shape index (κ1) is 12.9. The Hall–Kier alpha value is -0.580. The van der Waals surface area contributed by atoms with Crippen molar-refractivity contribution in [1.29, 1.82) is 0 Å². The van der Waals surface area contributed by atoms with Crippen molar-refractivity contribution >= 4 is 44.0 Å². The summed E-state index contributed by atoms with van der Waals surface area (Å²) >= 11 is 10.8. The largest absolute Gasteiger partial charge is 0.347 e. The summed E-state index contributed by atoms with van der Waals surface area (Å²) in [5.74, 6) is 0.475.